The van der Waals surface area contributed by atoms with E-state index in [1.54, 1.807) is 13.8 Å². The van der Waals surface area contributed by atoms with Gasteiger partial charge in [-0.25, -0.2) is 9.59 Å². The Kier molecular flexibility index (Phi) is 18.1. The van der Waals surface area contributed by atoms with Gasteiger partial charge < -0.3 is 14.8 Å². The number of hydrogen-bond donors (Lipinski definition) is 1. The van der Waals surface area contributed by atoms with E-state index < -0.39 is 23.4 Å². The molecule has 0 saturated carbocycles. The first kappa shape index (κ1) is 29.4. The van der Waals surface area contributed by atoms with E-state index in [-0.39, 0.29) is 19.6 Å². The fourth-order valence-electron chi connectivity index (χ4n) is 3.85. The molecule has 0 spiro atoms. The van der Waals surface area contributed by atoms with Crippen LogP contribution >= 0.6 is 0 Å². The summed E-state index contributed by atoms with van der Waals surface area (Å²) < 4.78 is 10.2. The van der Waals surface area contributed by atoms with Crippen molar-refractivity contribution in [3.05, 3.63) is 0 Å². The third-order valence-electron chi connectivity index (χ3n) is 5.54. The molecule has 0 aliphatic rings. The predicted molar refractivity (Wildman–Crippen MR) is 125 cm³/mol. The molecular weight excluding hydrogens is 394 g/mol. The van der Waals surface area contributed by atoms with Crippen LogP contribution in [0, 0.1) is 0 Å². The van der Waals surface area contributed by atoms with Crippen molar-refractivity contribution in [2.24, 2.45) is 0 Å². The van der Waals surface area contributed by atoms with Crippen molar-refractivity contribution in [3.8, 4) is 0 Å². The highest BCUT2D eigenvalue weighted by atomic mass is 16.6. The summed E-state index contributed by atoms with van der Waals surface area (Å²) in [4.78, 5) is 36.8. The van der Waals surface area contributed by atoms with E-state index in [2.05, 4.69) is 12.2 Å². The second-order valence-electron chi connectivity index (χ2n) is 8.37. The van der Waals surface area contributed by atoms with Gasteiger partial charge >= 0.3 is 11.9 Å². The zero-order valence-electron chi connectivity index (χ0n) is 20.6. The molecule has 0 atom stereocenters. The average molecular weight is 442 g/mol. The average Bonchev–Trinajstić information content (AvgIpc) is 2.73. The molecule has 1 N–H and O–H groups in total. The van der Waals surface area contributed by atoms with E-state index in [4.69, 9.17) is 9.47 Å². The maximum atomic E-state index is 12.5. The first-order valence-corrected chi connectivity index (χ1v) is 12.6. The van der Waals surface area contributed by atoms with Crippen molar-refractivity contribution in [1.29, 1.82) is 0 Å². The molecule has 0 saturated heterocycles. The normalized spacial score (nSPS) is 11.2. The molecular formula is C25H47NO5. The molecule has 0 heterocycles. The van der Waals surface area contributed by atoms with Gasteiger partial charge in [-0.15, -0.1) is 0 Å². The van der Waals surface area contributed by atoms with Crippen molar-refractivity contribution >= 4 is 17.8 Å². The molecule has 0 radical (unpaired) electrons. The Morgan fingerprint density at radius 2 is 0.968 bits per heavy atom. The number of unbranched alkanes of at least 4 members (excludes halogenated alkanes) is 13. The number of hydrogen-bond acceptors (Lipinski definition) is 5. The highest BCUT2D eigenvalue weighted by Gasteiger charge is 2.49. The summed E-state index contributed by atoms with van der Waals surface area (Å²) in [6.07, 6.45) is 17.3. The molecule has 0 aliphatic heterocycles. The maximum absolute atomic E-state index is 12.5. The number of carbonyl (C=O) groups excluding carboxylic acids is 3. The third kappa shape index (κ3) is 13.4. The molecule has 0 aromatic rings. The van der Waals surface area contributed by atoms with E-state index in [0.717, 1.165) is 19.3 Å². The number of carbonyl (C=O) groups is 3. The van der Waals surface area contributed by atoms with Crippen molar-refractivity contribution in [1.82, 2.24) is 5.32 Å². The second kappa shape index (κ2) is 19.1. The van der Waals surface area contributed by atoms with Gasteiger partial charge in [0.05, 0.1) is 13.2 Å². The monoisotopic (exact) mass is 441 g/mol. The lowest BCUT2D eigenvalue weighted by Crippen LogP contribution is -2.61. The van der Waals surface area contributed by atoms with Crippen molar-refractivity contribution in [3.63, 3.8) is 0 Å². The fourth-order valence-corrected chi connectivity index (χ4v) is 3.85. The van der Waals surface area contributed by atoms with Gasteiger partial charge in [0, 0.05) is 6.92 Å². The molecule has 6 nitrogen and oxygen atoms in total. The van der Waals surface area contributed by atoms with Crippen LogP contribution < -0.4 is 5.32 Å². The van der Waals surface area contributed by atoms with E-state index in [0.29, 0.717) is 6.42 Å². The standard InChI is InChI=1S/C25H47NO5/c1-5-8-9-10-11-12-13-14-15-16-17-18-19-20-21-25(26-22(4)27,23(28)30-6-2)24(29)31-7-3/h5-21H2,1-4H3,(H,26,27). The Bertz CT molecular complexity index is 474. The highest BCUT2D eigenvalue weighted by molar-refractivity contribution is 6.07. The van der Waals surface area contributed by atoms with Gasteiger partial charge in [-0.05, 0) is 26.7 Å². The summed E-state index contributed by atoms with van der Waals surface area (Å²) >= 11 is 0. The Morgan fingerprint density at radius 1 is 0.613 bits per heavy atom. The van der Waals surface area contributed by atoms with Gasteiger partial charge in [-0.2, -0.15) is 0 Å². The van der Waals surface area contributed by atoms with Crippen LogP contribution in [0.5, 0.6) is 0 Å². The van der Waals surface area contributed by atoms with Gasteiger partial charge in [0.1, 0.15) is 0 Å². The summed E-state index contributed by atoms with van der Waals surface area (Å²) in [7, 11) is 0. The SMILES string of the molecule is CCCCCCCCCCCCCCCCC(NC(C)=O)(C(=O)OCC)C(=O)OCC. The van der Waals surface area contributed by atoms with Crippen LogP contribution in [-0.4, -0.2) is 36.6 Å². The third-order valence-corrected chi connectivity index (χ3v) is 5.54. The molecule has 0 rings (SSSR count). The smallest absolute Gasteiger partial charge is 0.343 e. The van der Waals surface area contributed by atoms with Gasteiger partial charge in [-0.1, -0.05) is 90.4 Å². The van der Waals surface area contributed by atoms with Crippen LogP contribution in [0.3, 0.4) is 0 Å². The number of ether oxygens (including phenoxy) is 2. The van der Waals surface area contributed by atoms with Crippen LogP contribution in [0.2, 0.25) is 0 Å². The van der Waals surface area contributed by atoms with Gasteiger partial charge in [0.25, 0.3) is 0 Å². The quantitative estimate of drug-likeness (QED) is 0.145. The molecule has 0 bridgehead atoms. The Labute approximate surface area is 190 Å². The molecule has 0 aliphatic carbocycles. The highest BCUT2D eigenvalue weighted by Crippen LogP contribution is 2.21. The number of rotatable bonds is 20. The van der Waals surface area contributed by atoms with Crippen molar-refractivity contribution in [2.75, 3.05) is 13.2 Å². The lowest BCUT2D eigenvalue weighted by atomic mass is 9.91. The van der Waals surface area contributed by atoms with Gasteiger partial charge in [0.2, 0.25) is 11.4 Å². The maximum Gasteiger partial charge on any atom is 0.343 e. The minimum atomic E-state index is -1.74. The molecule has 0 aromatic heterocycles. The van der Waals surface area contributed by atoms with Crippen LogP contribution in [0.25, 0.3) is 0 Å². The van der Waals surface area contributed by atoms with Crippen LogP contribution in [-0.2, 0) is 23.9 Å². The van der Waals surface area contributed by atoms with Crippen LogP contribution in [0.15, 0.2) is 0 Å². The zero-order chi connectivity index (χ0) is 23.4. The summed E-state index contributed by atoms with van der Waals surface area (Å²) in [5, 5.41) is 2.52. The Hall–Kier alpha value is -1.59. The molecule has 182 valence electrons. The van der Waals surface area contributed by atoms with E-state index in [1.807, 2.05) is 0 Å². The summed E-state index contributed by atoms with van der Waals surface area (Å²) in [6.45, 7) is 7.16. The van der Waals surface area contributed by atoms with E-state index in [1.165, 1.54) is 71.1 Å². The second-order valence-corrected chi connectivity index (χ2v) is 8.37. The number of amides is 1. The van der Waals surface area contributed by atoms with Gasteiger partial charge in [-0.3, -0.25) is 4.79 Å². The Balaban J connectivity index is 4.20. The minimum absolute atomic E-state index is 0.137. The van der Waals surface area contributed by atoms with Crippen molar-refractivity contribution in [2.45, 2.75) is 130 Å². The predicted octanol–water partition coefficient (Wildman–Crippen LogP) is 5.86. The molecule has 1 amide bonds. The van der Waals surface area contributed by atoms with Crippen LogP contribution in [0.1, 0.15) is 124 Å². The van der Waals surface area contributed by atoms with E-state index in [9.17, 15) is 14.4 Å². The molecule has 0 unspecified atom stereocenters. The Morgan fingerprint density at radius 3 is 1.29 bits per heavy atom. The topological polar surface area (TPSA) is 81.7 Å². The van der Waals surface area contributed by atoms with Crippen molar-refractivity contribution < 1.29 is 23.9 Å². The lowest BCUT2D eigenvalue weighted by Gasteiger charge is -2.29. The van der Waals surface area contributed by atoms with Gasteiger partial charge in [0.15, 0.2) is 0 Å². The fraction of sp³-hybridized carbons (Fsp3) is 0.880. The zero-order valence-corrected chi connectivity index (χ0v) is 20.6. The lowest BCUT2D eigenvalue weighted by molar-refractivity contribution is -0.168. The molecule has 6 heteroatoms. The first-order valence-electron chi connectivity index (χ1n) is 12.6. The molecule has 31 heavy (non-hydrogen) atoms. The number of nitrogens with one attached hydrogen (secondary N) is 1. The molecule has 0 aromatic carbocycles. The summed E-state index contributed by atoms with van der Waals surface area (Å²) in [5.74, 6) is -1.93. The van der Waals surface area contributed by atoms with E-state index >= 15 is 0 Å². The number of esters is 2. The van der Waals surface area contributed by atoms with Crippen LogP contribution in [0.4, 0.5) is 0 Å². The largest absolute Gasteiger partial charge is 0.464 e. The first-order chi connectivity index (χ1) is 14.9. The minimum Gasteiger partial charge on any atom is -0.464 e. The summed E-state index contributed by atoms with van der Waals surface area (Å²) in [6, 6.07) is 0. The molecule has 0 fully saturated rings. The summed E-state index contributed by atoms with van der Waals surface area (Å²) in [5.41, 5.74) is -1.74.